The molecule has 1 aromatic carbocycles. The number of hydrogen-bond acceptors (Lipinski definition) is 3. The summed E-state index contributed by atoms with van der Waals surface area (Å²) in [5, 5.41) is 0. The lowest BCUT2D eigenvalue weighted by atomic mass is 10.1. The maximum absolute atomic E-state index is 5.41. The topological polar surface area (TPSA) is 32.5 Å². The van der Waals surface area contributed by atoms with Crippen molar-refractivity contribution in [2.75, 3.05) is 39.3 Å². The van der Waals surface area contributed by atoms with Crippen LogP contribution in [0.5, 0.6) is 0 Å². The van der Waals surface area contributed by atoms with Crippen LogP contribution < -0.4 is 5.73 Å². The Labute approximate surface area is 122 Å². The van der Waals surface area contributed by atoms with Crippen LogP contribution >= 0.6 is 0 Å². The van der Waals surface area contributed by atoms with E-state index in [4.69, 9.17) is 5.73 Å². The van der Waals surface area contributed by atoms with Crippen LogP contribution in [-0.2, 0) is 6.54 Å². The maximum Gasteiger partial charge on any atom is 0.0555 e. The van der Waals surface area contributed by atoms with Crippen LogP contribution in [-0.4, -0.2) is 49.1 Å². The Balaban J connectivity index is 1.88. The molecule has 0 unspecified atom stereocenters. The number of nitrogens with zero attached hydrogens (tertiary/aromatic N) is 2. The molecule has 0 spiro atoms. The largest absolute Gasteiger partial charge is 0.320 e. The average Bonchev–Trinajstić information content (AvgIpc) is 2.48. The molecule has 1 aromatic rings. The molecular weight excluding hydrogens is 246 g/mol. The van der Waals surface area contributed by atoms with Crippen molar-refractivity contribution < 1.29 is 0 Å². The van der Waals surface area contributed by atoms with Gasteiger partial charge < -0.3 is 10.6 Å². The Kier molecular flexibility index (Phi) is 6.07. The van der Waals surface area contributed by atoms with Crippen molar-refractivity contribution in [3.8, 4) is 11.8 Å². The Morgan fingerprint density at radius 3 is 2.60 bits per heavy atom. The van der Waals surface area contributed by atoms with Crippen molar-refractivity contribution in [3.05, 3.63) is 35.4 Å². The van der Waals surface area contributed by atoms with Gasteiger partial charge >= 0.3 is 0 Å². The monoisotopic (exact) mass is 271 g/mol. The normalized spacial score (nSPS) is 16.7. The molecule has 0 bridgehead atoms. The van der Waals surface area contributed by atoms with Crippen LogP contribution in [0.15, 0.2) is 24.3 Å². The van der Waals surface area contributed by atoms with Gasteiger partial charge in [-0.2, -0.15) is 0 Å². The van der Waals surface area contributed by atoms with Gasteiger partial charge in [0.1, 0.15) is 0 Å². The molecule has 0 atom stereocenters. The lowest BCUT2D eigenvalue weighted by Gasteiger charge is -2.34. The molecule has 3 nitrogen and oxygen atoms in total. The summed E-state index contributed by atoms with van der Waals surface area (Å²) in [6, 6.07) is 8.50. The first-order valence-electron chi connectivity index (χ1n) is 7.54. The highest BCUT2D eigenvalue weighted by Gasteiger charge is 2.15. The smallest absolute Gasteiger partial charge is 0.0555 e. The molecule has 0 amide bonds. The van der Waals surface area contributed by atoms with E-state index in [1.807, 2.05) is 6.07 Å². The second-order valence-electron chi connectivity index (χ2n) is 5.32. The second kappa shape index (κ2) is 8.06. The fraction of sp³-hybridized carbons (Fsp3) is 0.529. The van der Waals surface area contributed by atoms with E-state index in [-0.39, 0.29) is 0 Å². The number of nitrogens with two attached hydrogens (primary N) is 1. The van der Waals surface area contributed by atoms with E-state index in [1.54, 1.807) is 0 Å². The Bertz CT molecular complexity index is 465. The van der Waals surface area contributed by atoms with Gasteiger partial charge in [-0.15, -0.1) is 0 Å². The number of rotatable bonds is 4. The van der Waals surface area contributed by atoms with Crippen molar-refractivity contribution in [1.29, 1.82) is 0 Å². The maximum atomic E-state index is 5.41. The van der Waals surface area contributed by atoms with Gasteiger partial charge in [0, 0.05) is 38.3 Å². The zero-order valence-electron chi connectivity index (χ0n) is 12.4. The fourth-order valence-corrected chi connectivity index (χ4v) is 2.65. The summed E-state index contributed by atoms with van der Waals surface area (Å²) in [7, 11) is 0. The first kappa shape index (κ1) is 15.1. The number of benzene rings is 1. The molecule has 3 heteroatoms. The zero-order valence-corrected chi connectivity index (χ0v) is 12.4. The molecule has 0 aliphatic carbocycles. The van der Waals surface area contributed by atoms with Gasteiger partial charge in [0.15, 0.2) is 0 Å². The first-order valence-corrected chi connectivity index (χ1v) is 7.54. The molecule has 0 aromatic heterocycles. The molecule has 0 radical (unpaired) electrons. The van der Waals surface area contributed by atoms with Crippen LogP contribution in [0.2, 0.25) is 0 Å². The molecule has 1 saturated heterocycles. The van der Waals surface area contributed by atoms with Crippen molar-refractivity contribution >= 4 is 0 Å². The molecule has 20 heavy (non-hydrogen) atoms. The third kappa shape index (κ3) is 4.64. The van der Waals surface area contributed by atoms with Crippen molar-refractivity contribution in [2.24, 2.45) is 5.73 Å². The minimum absolute atomic E-state index is 0.420. The third-order valence-corrected chi connectivity index (χ3v) is 3.67. The van der Waals surface area contributed by atoms with Crippen LogP contribution in [0, 0.1) is 11.8 Å². The molecule has 1 aliphatic heterocycles. The van der Waals surface area contributed by atoms with E-state index in [0.29, 0.717) is 6.54 Å². The Morgan fingerprint density at radius 2 is 1.90 bits per heavy atom. The SMILES string of the molecule is CCCN1CCN(Cc2cccc(C#CCN)c2)CC1. The van der Waals surface area contributed by atoms with E-state index < -0.39 is 0 Å². The summed E-state index contributed by atoms with van der Waals surface area (Å²) in [4.78, 5) is 5.08. The van der Waals surface area contributed by atoms with E-state index in [9.17, 15) is 0 Å². The summed E-state index contributed by atoms with van der Waals surface area (Å²) in [5.74, 6) is 6.02. The minimum Gasteiger partial charge on any atom is -0.320 e. The molecule has 0 saturated carbocycles. The summed E-state index contributed by atoms with van der Waals surface area (Å²) in [6.07, 6.45) is 1.25. The second-order valence-corrected chi connectivity index (χ2v) is 5.32. The lowest BCUT2D eigenvalue weighted by Crippen LogP contribution is -2.45. The minimum atomic E-state index is 0.420. The fourth-order valence-electron chi connectivity index (χ4n) is 2.65. The lowest BCUT2D eigenvalue weighted by molar-refractivity contribution is 0.127. The van der Waals surface area contributed by atoms with Gasteiger partial charge in [-0.05, 0) is 30.7 Å². The average molecular weight is 271 g/mol. The van der Waals surface area contributed by atoms with Gasteiger partial charge in [0.25, 0.3) is 0 Å². The number of piperazine rings is 1. The summed E-state index contributed by atoms with van der Waals surface area (Å²) >= 11 is 0. The third-order valence-electron chi connectivity index (χ3n) is 3.67. The quantitative estimate of drug-likeness (QED) is 0.843. The van der Waals surface area contributed by atoms with E-state index >= 15 is 0 Å². The first-order chi connectivity index (χ1) is 9.81. The zero-order chi connectivity index (χ0) is 14.2. The molecule has 1 aliphatic rings. The van der Waals surface area contributed by atoms with E-state index in [1.165, 1.54) is 44.7 Å². The molecule has 2 N–H and O–H groups in total. The van der Waals surface area contributed by atoms with Gasteiger partial charge in [-0.1, -0.05) is 30.9 Å². The highest BCUT2D eigenvalue weighted by Crippen LogP contribution is 2.10. The van der Waals surface area contributed by atoms with E-state index in [0.717, 1.165) is 12.1 Å². The van der Waals surface area contributed by atoms with Crippen molar-refractivity contribution in [3.63, 3.8) is 0 Å². The Morgan fingerprint density at radius 1 is 1.15 bits per heavy atom. The predicted octanol–water partition coefficient (Wildman–Crippen LogP) is 1.52. The van der Waals surface area contributed by atoms with Gasteiger partial charge in [-0.3, -0.25) is 4.90 Å². The molecule has 108 valence electrons. The van der Waals surface area contributed by atoms with Crippen LogP contribution in [0.4, 0.5) is 0 Å². The summed E-state index contributed by atoms with van der Waals surface area (Å²) in [5.41, 5.74) is 7.83. The van der Waals surface area contributed by atoms with Crippen molar-refractivity contribution in [1.82, 2.24) is 9.80 Å². The highest BCUT2D eigenvalue weighted by molar-refractivity contribution is 5.37. The predicted molar refractivity (Wildman–Crippen MR) is 84.4 cm³/mol. The highest BCUT2D eigenvalue weighted by atomic mass is 15.3. The molecule has 2 rings (SSSR count). The van der Waals surface area contributed by atoms with Crippen LogP contribution in [0.25, 0.3) is 0 Å². The van der Waals surface area contributed by atoms with Gasteiger partial charge in [0.05, 0.1) is 6.54 Å². The standard InChI is InChI=1S/C17H25N3/c1-2-9-19-10-12-20(13-11-19)15-17-6-3-5-16(14-17)7-4-8-18/h3,5-6,14H,2,8-13,15,18H2,1H3. The van der Waals surface area contributed by atoms with Crippen LogP contribution in [0.3, 0.4) is 0 Å². The van der Waals surface area contributed by atoms with Crippen LogP contribution in [0.1, 0.15) is 24.5 Å². The van der Waals surface area contributed by atoms with E-state index in [2.05, 4.69) is 46.8 Å². The molecular formula is C17H25N3. The summed E-state index contributed by atoms with van der Waals surface area (Å²) in [6.45, 7) is 9.65. The van der Waals surface area contributed by atoms with Gasteiger partial charge in [-0.25, -0.2) is 0 Å². The number of hydrogen-bond donors (Lipinski definition) is 1. The Hall–Kier alpha value is -1.34. The van der Waals surface area contributed by atoms with Gasteiger partial charge in [0.2, 0.25) is 0 Å². The molecule has 1 heterocycles. The molecule has 1 fully saturated rings. The van der Waals surface area contributed by atoms with Crippen molar-refractivity contribution in [2.45, 2.75) is 19.9 Å². The summed E-state index contributed by atoms with van der Waals surface area (Å²) < 4.78 is 0.